The summed E-state index contributed by atoms with van der Waals surface area (Å²) >= 11 is 1.93. The van der Waals surface area contributed by atoms with Crippen LogP contribution in [0.5, 0.6) is 0 Å². The van der Waals surface area contributed by atoms with E-state index in [4.69, 9.17) is 4.74 Å². The molecule has 1 saturated heterocycles. The van der Waals surface area contributed by atoms with E-state index in [1.807, 2.05) is 18.7 Å². The van der Waals surface area contributed by atoms with Crippen LogP contribution in [0.2, 0.25) is 0 Å². The molecule has 0 unspecified atom stereocenters. The van der Waals surface area contributed by atoms with Gasteiger partial charge in [-0.1, -0.05) is 13.8 Å². The maximum absolute atomic E-state index is 11.9. The lowest BCUT2D eigenvalue weighted by Crippen LogP contribution is -2.44. The molecular weight excluding hydrogens is 196 g/mol. The number of rotatable bonds is 5. The van der Waals surface area contributed by atoms with Gasteiger partial charge in [-0.05, 0) is 30.8 Å². The lowest BCUT2D eigenvalue weighted by molar-refractivity contribution is -0.145. The topological polar surface area (TPSA) is 26.3 Å². The maximum atomic E-state index is 11.9. The fraction of sp³-hybridized carbons (Fsp3) is 0.909. The summed E-state index contributed by atoms with van der Waals surface area (Å²) in [5.74, 6) is 2.43. The first-order valence-electron chi connectivity index (χ1n) is 5.50. The molecule has 1 heterocycles. The van der Waals surface area contributed by atoms with E-state index in [0.29, 0.717) is 12.2 Å². The van der Waals surface area contributed by atoms with Crippen LogP contribution in [0.3, 0.4) is 0 Å². The third-order valence-corrected chi connectivity index (χ3v) is 3.70. The predicted octanol–water partition coefficient (Wildman–Crippen LogP) is 2.66. The van der Waals surface area contributed by atoms with Crippen LogP contribution in [0.4, 0.5) is 0 Å². The SMILES string of the molecule is CCCOC1(C(=O)CC)CCSCC1. The van der Waals surface area contributed by atoms with Gasteiger partial charge in [-0.25, -0.2) is 0 Å². The second-order valence-electron chi connectivity index (χ2n) is 3.73. The summed E-state index contributed by atoms with van der Waals surface area (Å²) in [6.07, 6.45) is 3.41. The van der Waals surface area contributed by atoms with Crippen molar-refractivity contribution >= 4 is 17.5 Å². The number of carbonyl (C=O) groups is 1. The fourth-order valence-corrected chi connectivity index (χ4v) is 2.98. The first-order chi connectivity index (χ1) is 6.75. The number of thioether (sulfide) groups is 1. The molecule has 1 fully saturated rings. The summed E-state index contributed by atoms with van der Waals surface area (Å²) in [7, 11) is 0. The molecule has 0 radical (unpaired) electrons. The molecule has 0 aliphatic carbocycles. The van der Waals surface area contributed by atoms with E-state index >= 15 is 0 Å². The van der Waals surface area contributed by atoms with Gasteiger partial charge in [0.15, 0.2) is 5.78 Å². The Morgan fingerprint density at radius 1 is 1.36 bits per heavy atom. The van der Waals surface area contributed by atoms with Gasteiger partial charge in [0.05, 0.1) is 0 Å². The number of carbonyl (C=O) groups excluding carboxylic acids is 1. The number of ether oxygens (including phenoxy) is 1. The van der Waals surface area contributed by atoms with Crippen LogP contribution in [0, 0.1) is 0 Å². The Balaban J connectivity index is 2.61. The number of hydrogen-bond donors (Lipinski definition) is 0. The minimum absolute atomic E-state index is 0.297. The van der Waals surface area contributed by atoms with Gasteiger partial charge < -0.3 is 4.74 Å². The highest BCUT2D eigenvalue weighted by Gasteiger charge is 2.38. The Labute approximate surface area is 90.8 Å². The van der Waals surface area contributed by atoms with Crippen LogP contribution in [-0.2, 0) is 9.53 Å². The summed E-state index contributed by atoms with van der Waals surface area (Å²) in [6.45, 7) is 4.74. The van der Waals surface area contributed by atoms with Gasteiger partial charge in [-0.3, -0.25) is 4.79 Å². The van der Waals surface area contributed by atoms with Crippen molar-refractivity contribution in [2.24, 2.45) is 0 Å². The third kappa shape index (κ3) is 2.74. The highest BCUT2D eigenvalue weighted by Crippen LogP contribution is 2.32. The zero-order valence-electron chi connectivity index (χ0n) is 9.17. The molecule has 1 rings (SSSR count). The van der Waals surface area contributed by atoms with Crippen molar-refractivity contribution in [2.75, 3.05) is 18.1 Å². The minimum Gasteiger partial charge on any atom is -0.367 e. The Morgan fingerprint density at radius 2 is 2.00 bits per heavy atom. The largest absolute Gasteiger partial charge is 0.367 e. The van der Waals surface area contributed by atoms with Gasteiger partial charge in [0.2, 0.25) is 0 Å². The first-order valence-corrected chi connectivity index (χ1v) is 6.65. The van der Waals surface area contributed by atoms with Crippen LogP contribution in [0.15, 0.2) is 0 Å². The van der Waals surface area contributed by atoms with Crippen LogP contribution < -0.4 is 0 Å². The summed E-state index contributed by atoms with van der Waals surface area (Å²) < 4.78 is 5.81. The summed E-state index contributed by atoms with van der Waals surface area (Å²) in [5, 5.41) is 0. The first kappa shape index (κ1) is 12.1. The van der Waals surface area contributed by atoms with E-state index in [1.165, 1.54) is 0 Å². The Bertz CT molecular complexity index is 186. The fourth-order valence-electron chi connectivity index (χ4n) is 1.82. The monoisotopic (exact) mass is 216 g/mol. The van der Waals surface area contributed by atoms with Crippen molar-refractivity contribution in [1.29, 1.82) is 0 Å². The Hall–Kier alpha value is -0.0200. The molecule has 3 heteroatoms. The lowest BCUT2D eigenvalue weighted by Gasteiger charge is -2.35. The molecular formula is C11H20O2S. The molecule has 82 valence electrons. The highest BCUT2D eigenvalue weighted by molar-refractivity contribution is 7.99. The van der Waals surface area contributed by atoms with E-state index in [-0.39, 0.29) is 0 Å². The molecule has 0 aromatic heterocycles. The number of Topliss-reactive ketones (excluding diaryl/α,β-unsaturated/α-hetero) is 1. The second kappa shape index (κ2) is 5.76. The van der Waals surface area contributed by atoms with Crippen molar-refractivity contribution in [3.05, 3.63) is 0 Å². The van der Waals surface area contributed by atoms with Crippen LogP contribution in [0.1, 0.15) is 39.5 Å². The summed E-state index contributed by atoms with van der Waals surface area (Å²) in [6, 6.07) is 0. The Kier molecular flexibility index (Phi) is 4.96. The quantitative estimate of drug-likeness (QED) is 0.706. The second-order valence-corrected chi connectivity index (χ2v) is 4.96. The maximum Gasteiger partial charge on any atom is 0.164 e. The number of ketones is 1. The Morgan fingerprint density at radius 3 is 2.50 bits per heavy atom. The molecule has 0 saturated carbocycles. The molecule has 2 nitrogen and oxygen atoms in total. The van der Waals surface area contributed by atoms with Crippen molar-refractivity contribution in [1.82, 2.24) is 0 Å². The normalized spacial score (nSPS) is 20.7. The average molecular weight is 216 g/mol. The van der Waals surface area contributed by atoms with Gasteiger partial charge in [-0.15, -0.1) is 0 Å². The smallest absolute Gasteiger partial charge is 0.164 e. The van der Waals surface area contributed by atoms with Gasteiger partial charge >= 0.3 is 0 Å². The van der Waals surface area contributed by atoms with Crippen LogP contribution in [0.25, 0.3) is 0 Å². The van der Waals surface area contributed by atoms with E-state index in [2.05, 4.69) is 6.92 Å². The third-order valence-electron chi connectivity index (χ3n) is 2.71. The van der Waals surface area contributed by atoms with Crippen LogP contribution >= 0.6 is 11.8 Å². The van der Waals surface area contributed by atoms with Gasteiger partial charge in [-0.2, -0.15) is 11.8 Å². The molecule has 0 amide bonds. The van der Waals surface area contributed by atoms with Crippen molar-refractivity contribution < 1.29 is 9.53 Å². The van der Waals surface area contributed by atoms with Crippen molar-refractivity contribution in [2.45, 2.75) is 45.1 Å². The zero-order valence-corrected chi connectivity index (χ0v) is 9.99. The zero-order chi connectivity index (χ0) is 10.4. The van der Waals surface area contributed by atoms with E-state index < -0.39 is 5.60 Å². The summed E-state index contributed by atoms with van der Waals surface area (Å²) in [4.78, 5) is 11.9. The van der Waals surface area contributed by atoms with E-state index in [9.17, 15) is 4.79 Å². The van der Waals surface area contributed by atoms with Gasteiger partial charge in [0.1, 0.15) is 5.60 Å². The molecule has 0 bridgehead atoms. The van der Waals surface area contributed by atoms with Crippen molar-refractivity contribution in [3.63, 3.8) is 0 Å². The van der Waals surface area contributed by atoms with E-state index in [1.54, 1.807) is 0 Å². The average Bonchev–Trinajstić information content (AvgIpc) is 2.26. The summed E-state index contributed by atoms with van der Waals surface area (Å²) in [5.41, 5.74) is -0.421. The molecule has 0 atom stereocenters. The lowest BCUT2D eigenvalue weighted by atomic mass is 9.90. The van der Waals surface area contributed by atoms with Gasteiger partial charge in [0.25, 0.3) is 0 Å². The number of hydrogen-bond acceptors (Lipinski definition) is 3. The molecule has 0 aromatic rings. The van der Waals surface area contributed by atoms with Gasteiger partial charge in [0, 0.05) is 13.0 Å². The molecule has 0 N–H and O–H groups in total. The molecule has 0 aromatic carbocycles. The van der Waals surface area contributed by atoms with Crippen LogP contribution in [-0.4, -0.2) is 29.5 Å². The predicted molar refractivity (Wildman–Crippen MR) is 60.8 cm³/mol. The highest BCUT2D eigenvalue weighted by atomic mass is 32.2. The van der Waals surface area contributed by atoms with E-state index in [0.717, 1.165) is 37.4 Å². The standard InChI is InChI=1S/C11H20O2S/c1-3-7-13-11(10(12)4-2)5-8-14-9-6-11/h3-9H2,1-2H3. The molecule has 14 heavy (non-hydrogen) atoms. The molecule has 1 aliphatic rings. The minimum atomic E-state index is -0.421. The van der Waals surface area contributed by atoms with Crippen molar-refractivity contribution in [3.8, 4) is 0 Å². The molecule has 0 spiro atoms. The molecule has 1 aliphatic heterocycles.